The standard InChI is InChI=1S/C18H18N2O2S/c1-12-4-6-13(7-5-12)11-23-18-19-15-9-8-14(17(21)22-3)10-16(15)20(18)2/h4-10H,11H2,1-3H3. The van der Waals surface area contributed by atoms with Gasteiger partial charge >= 0.3 is 5.97 Å². The Hall–Kier alpha value is -2.27. The minimum absolute atomic E-state index is 0.332. The molecule has 0 radical (unpaired) electrons. The van der Waals surface area contributed by atoms with Gasteiger partial charge in [-0.05, 0) is 30.7 Å². The number of aryl methyl sites for hydroxylation is 2. The van der Waals surface area contributed by atoms with Crippen LogP contribution in [0.4, 0.5) is 0 Å². The van der Waals surface area contributed by atoms with Crippen molar-refractivity contribution in [1.82, 2.24) is 9.55 Å². The molecule has 1 heterocycles. The van der Waals surface area contributed by atoms with Crippen molar-refractivity contribution in [2.24, 2.45) is 7.05 Å². The number of fused-ring (bicyclic) bond motifs is 1. The summed E-state index contributed by atoms with van der Waals surface area (Å²) in [4.78, 5) is 16.3. The molecule has 0 saturated carbocycles. The third kappa shape index (κ3) is 3.24. The summed E-state index contributed by atoms with van der Waals surface area (Å²) in [5, 5.41) is 0.933. The van der Waals surface area contributed by atoms with E-state index in [9.17, 15) is 4.79 Å². The second kappa shape index (κ2) is 6.46. The van der Waals surface area contributed by atoms with Gasteiger partial charge in [-0.2, -0.15) is 0 Å². The van der Waals surface area contributed by atoms with Crippen LogP contribution in [0, 0.1) is 6.92 Å². The molecule has 0 fully saturated rings. The van der Waals surface area contributed by atoms with Crippen LogP contribution >= 0.6 is 11.8 Å². The molecule has 0 N–H and O–H groups in total. The first kappa shape index (κ1) is 15.6. The van der Waals surface area contributed by atoms with Gasteiger partial charge in [0.05, 0.1) is 23.7 Å². The molecule has 0 unspecified atom stereocenters. The summed E-state index contributed by atoms with van der Waals surface area (Å²) in [6, 6.07) is 13.9. The first-order chi connectivity index (χ1) is 11.1. The number of aromatic nitrogens is 2. The molecular weight excluding hydrogens is 308 g/mol. The van der Waals surface area contributed by atoms with Crippen LogP contribution in [0.25, 0.3) is 11.0 Å². The lowest BCUT2D eigenvalue weighted by molar-refractivity contribution is 0.0601. The fourth-order valence-corrected chi connectivity index (χ4v) is 3.32. The Balaban J connectivity index is 1.85. The maximum atomic E-state index is 11.7. The number of thioether (sulfide) groups is 1. The number of carbonyl (C=O) groups is 1. The number of carbonyl (C=O) groups excluding carboxylic acids is 1. The fraction of sp³-hybridized carbons (Fsp3) is 0.222. The molecule has 0 atom stereocenters. The highest BCUT2D eigenvalue weighted by atomic mass is 32.2. The number of hydrogen-bond acceptors (Lipinski definition) is 4. The van der Waals surface area contributed by atoms with Crippen LogP contribution in [0.2, 0.25) is 0 Å². The summed E-state index contributed by atoms with van der Waals surface area (Å²) in [5.74, 6) is 0.531. The molecule has 118 valence electrons. The minimum Gasteiger partial charge on any atom is -0.465 e. The normalized spacial score (nSPS) is 10.9. The van der Waals surface area contributed by atoms with Crippen molar-refractivity contribution in [3.63, 3.8) is 0 Å². The fourth-order valence-electron chi connectivity index (χ4n) is 2.37. The van der Waals surface area contributed by atoms with Gasteiger partial charge in [-0.25, -0.2) is 9.78 Å². The number of ether oxygens (including phenoxy) is 1. The number of nitrogens with zero attached hydrogens (tertiary/aromatic N) is 2. The number of hydrogen-bond donors (Lipinski definition) is 0. The summed E-state index contributed by atoms with van der Waals surface area (Å²) < 4.78 is 6.79. The van der Waals surface area contributed by atoms with Crippen molar-refractivity contribution in [2.45, 2.75) is 17.8 Å². The zero-order valence-electron chi connectivity index (χ0n) is 13.4. The van der Waals surface area contributed by atoms with Crippen molar-refractivity contribution >= 4 is 28.8 Å². The zero-order valence-corrected chi connectivity index (χ0v) is 14.2. The molecule has 3 rings (SSSR count). The molecule has 23 heavy (non-hydrogen) atoms. The van der Waals surface area contributed by atoms with Gasteiger partial charge in [0.25, 0.3) is 0 Å². The van der Waals surface area contributed by atoms with Gasteiger partial charge in [-0.15, -0.1) is 0 Å². The van der Waals surface area contributed by atoms with Gasteiger partial charge in [0.1, 0.15) is 0 Å². The van der Waals surface area contributed by atoms with E-state index >= 15 is 0 Å². The molecule has 0 saturated heterocycles. The number of methoxy groups -OCH3 is 1. The largest absolute Gasteiger partial charge is 0.465 e. The van der Waals surface area contributed by atoms with Crippen molar-refractivity contribution in [1.29, 1.82) is 0 Å². The van der Waals surface area contributed by atoms with E-state index in [2.05, 4.69) is 36.2 Å². The lowest BCUT2D eigenvalue weighted by atomic mass is 10.2. The first-order valence-corrected chi connectivity index (χ1v) is 8.30. The van der Waals surface area contributed by atoms with Crippen molar-refractivity contribution in [3.05, 3.63) is 59.2 Å². The molecule has 1 aromatic heterocycles. The Morgan fingerprint density at radius 3 is 2.65 bits per heavy atom. The Morgan fingerprint density at radius 2 is 1.96 bits per heavy atom. The zero-order chi connectivity index (χ0) is 16.4. The van der Waals surface area contributed by atoms with Gasteiger partial charge in [-0.3, -0.25) is 0 Å². The van der Waals surface area contributed by atoms with Crippen molar-refractivity contribution in [3.8, 4) is 0 Å². The van der Waals surface area contributed by atoms with E-state index in [1.54, 1.807) is 17.8 Å². The van der Waals surface area contributed by atoms with E-state index in [0.717, 1.165) is 21.9 Å². The van der Waals surface area contributed by atoms with Crippen molar-refractivity contribution in [2.75, 3.05) is 7.11 Å². The summed E-state index contributed by atoms with van der Waals surface area (Å²) in [6.45, 7) is 2.08. The van der Waals surface area contributed by atoms with E-state index in [4.69, 9.17) is 4.74 Å². The lowest BCUT2D eigenvalue weighted by Crippen LogP contribution is -2.01. The summed E-state index contributed by atoms with van der Waals surface area (Å²) >= 11 is 1.69. The minimum atomic E-state index is -0.332. The van der Waals surface area contributed by atoms with Crippen LogP contribution in [0.15, 0.2) is 47.6 Å². The third-order valence-electron chi connectivity index (χ3n) is 3.75. The van der Waals surface area contributed by atoms with E-state index < -0.39 is 0 Å². The van der Waals surface area contributed by atoms with Crippen LogP contribution in [0.1, 0.15) is 21.5 Å². The summed E-state index contributed by atoms with van der Waals surface area (Å²) in [6.07, 6.45) is 0. The highest BCUT2D eigenvalue weighted by Gasteiger charge is 2.12. The Bertz CT molecular complexity index is 853. The van der Waals surface area contributed by atoms with Crippen LogP contribution < -0.4 is 0 Å². The number of benzene rings is 2. The average Bonchev–Trinajstić information content (AvgIpc) is 2.89. The SMILES string of the molecule is COC(=O)c1ccc2nc(SCc3ccc(C)cc3)n(C)c2c1. The molecule has 0 amide bonds. The number of rotatable bonds is 4. The number of esters is 1. The van der Waals surface area contributed by atoms with E-state index in [-0.39, 0.29) is 5.97 Å². The van der Waals surface area contributed by atoms with Crippen LogP contribution in [0.5, 0.6) is 0 Å². The van der Waals surface area contributed by atoms with Gasteiger partial charge in [-0.1, -0.05) is 41.6 Å². The Kier molecular flexibility index (Phi) is 4.39. The Morgan fingerprint density at radius 1 is 1.22 bits per heavy atom. The third-order valence-corrected chi connectivity index (χ3v) is 4.85. The maximum absolute atomic E-state index is 11.7. The van der Waals surface area contributed by atoms with Crippen LogP contribution in [0.3, 0.4) is 0 Å². The quantitative estimate of drug-likeness (QED) is 0.538. The second-order valence-corrected chi connectivity index (χ2v) is 6.37. The first-order valence-electron chi connectivity index (χ1n) is 7.31. The molecule has 3 aromatic rings. The molecular formula is C18H18N2O2S. The van der Waals surface area contributed by atoms with Gasteiger partial charge < -0.3 is 9.30 Å². The summed E-state index contributed by atoms with van der Waals surface area (Å²) in [7, 11) is 3.35. The number of imidazole rings is 1. The van der Waals surface area contributed by atoms with Gasteiger partial charge in [0.2, 0.25) is 0 Å². The molecule has 0 aliphatic rings. The highest BCUT2D eigenvalue weighted by molar-refractivity contribution is 7.98. The molecule has 5 heteroatoms. The highest BCUT2D eigenvalue weighted by Crippen LogP contribution is 2.26. The predicted molar refractivity (Wildman–Crippen MR) is 92.8 cm³/mol. The van der Waals surface area contributed by atoms with Crippen molar-refractivity contribution < 1.29 is 9.53 Å². The molecule has 4 nitrogen and oxygen atoms in total. The van der Waals surface area contributed by atoms with Gasteiger partial charge in [0.15, 0.2) is 5.16 Å². The van der Waals surface area contributed by atoms with Crippen LogP contribution in [-0.4, -0.2) is 22.6 Å². The monoisotopic (exact) mass is 326 g/mol. The molecule has 0 aliphatic carbocycles. The maximum Gasteiger partial charge on any atom is 0.337 e. The molecule has 0 bridgehead atoms. The van der Waals surface area contributed by atoms with E-state index in [1.807, 2.05) is 23.7 Å². The molecule has 0 spiro atoms. The summed E-state index contributed by atoms with van der Waals surface area (Å²) in [5.41, 5.74) is 4.88. The smallest absolute Gasteiger partial charge is 0.337 e. The average molecular weight is 326 g/mol. The lowest BCUT2D eigenvalue weighted by Gasteiger charge is -2.04. The Labute approximate surface area is 139 Å². The second-order valence-electron chi connectivity index (χ2n) is 5.42. The van der Waals surface area contributed by atoms with E-state index in [1.165, 1.54) is 18.2 Å². The molecule has 0 aliphatic heterocycles. The van der Waals surface area contributed by atoms with E-state index in [0.29, 0.717) is 5.56 Å². The predicted octanol–water partition coefficient (Wildman–Crippen LogP) is 3.96. The van der Waals surface area contributed by atoms with Gasteiger partial charge in [0, 0.05) is 12.8 Å². The molecule has 2 aromatic carbocycles. The topological polar surface area (TPSA) is 44.1 Å². The van der Waals surface area contributed by atoms with Crippen LogP contribution in [-0.2, 0) is 17.5 Å².